The van der Waals surface area contributed by atoms with Crippen molar-refractivity contribution < 1.29 is 24.5 Å². The smallest absolute Gasteiger partial charge is 0.328 e. The molecule has 0 aliphatic carbocycles. The van der Waals surface area contributed by atoms with Crippen LogP contribution in [0.5, 0.6) is 0 Å². The van der Waals surface area contributed by atoms with Crippen molar-refractivity contribution in [3.63, 3.8) is 0 Å². The van der Waals surface area contributed by atoms with E-state index in [9.17, 15) is 9.59 Å². The molecule has 7 heteroatoms. The maximum Gasteiger partial charge on any atom is 0.328 e. The molecule has 0 saturated heterocycles. The molecule has 0 aromatic carbocycles. The first-order valence-corrected chi connectivity index (χ1v) is 5.34. The van der Waals surface area contributed by atoms with Gasteiger partial charge in [-0.3, -0.25) is 0 Å². The molecule has 0 aliphatic heterocycles. The van der Waals surface area contributed by atoms with Crippen LogP contribution in [0.4, 0.5) is 4.79 Å². The number of aliphatic hydroxyl groups excluding tert-OH is 1. The monoisotopic (exact) mass is 248 g/mol. The number of carbonyl (C=O) groups is 2. The van der Waals surface area contributed by atoms with Gasteiger partial charge in [0.2, 0.25) is 0 Å². The maximum absolute atomic E-state index is 11.3. The highest BCUT2D eigenvalue weighted by molar-refractivity contribution is 5.82. The lowest BCUT2D eigenvalue weighted by Crippen LogP contribution is -2.51. The van der Waals surface area contributed by atoms with Crippen LogP contribution >= 0.6 is 0 Å². The molecule has 0 aromatic rings. The minimum atomic E-state index is -1.30. The molecule has 1 atom stereocenters. The normalized spacial score (nSPS) is 12.9. The topological polar surface area (TPSA) is 108 Å². The lowest BCUT2D eigenvalue weighted by Gasteiger charge is -2.25. The van der Waals surface area contributed by atoms with E-state index in [1.807, 2.05) is 6.92 Å². The third-order valence-electron chi connectivity index (χ3n) is 2.00. The van der Waals surface area contributed by atoms with E-state index >= 15 is 0 Å². The molecule has 0 unspecified atom stereocenters. The van der Waals surface area contributed by atoms with Gasteiger partial charge in [-0.25, -0.2) is 9.59 Å². The summed E-state index contributed by atoms with van der Waals surface area (Å²) in [5.74, 6) is -1.29. The van der Waals surface area contributed by atoms with Gasteiger partial charge in [0.1, 0.15) is 0 Å². The Kier molecular flexibility index (Phi) is 6.52. The number of hydrogen-bond acceptors (Lipinski definition) is 4. The van der Waals surface area contributed by atoms with E-state index in [0.29, 0.717) is 6.61 Å². The summed E-state index contributed by atoms with van der Waals surface area (Å²) in [5.41, 5.74) is -0.524. The number of ether oxygens (including phenoxy) is 1. The van der Waals surface area contributed by atoms with E-state index in [0.717, 1.165) is 0 Å². The van der Waals surface area contributed by atoms with Gasteiger partial charge in [-0.1, -0.05) is 0 Å². The van der Waals surface area contributed by atoms with Crippen LogP contribution in [-0.4, -0.2) is 53.6 Å². The number of urea groups is 1. The summed E-state index contributed by atoms with van der Waals surface area (Å²) in [7, 11) is 0. The van der Waals surface area contributed by atoms with Gasteiger partial charge >= 0.3 is 12.0 Å². The summed E-state index contributed by atoms with van der Waals surface area (Å²) < 4.78 is 5.35. The first kappa shape index (κ1) is 15.7. The zero-order valence-corrected chi connectivity index (χ0v) is 10.3. The fourth-order valence-corrected chi connectivity index (χ4v) is 1.13. The van der Waals surface area contributed by atoms with Crippen molar-refractivity contribution in [1.82, 2.24) is 10.6 Å². The number of hydrogen-bond donors (Lipinski definition) is 4. The molecule has 0 radical (unpaired) electrons. The molecule has 17 heavy (non-hydrogen) atoms. The van der Waals surface area contributed by atoms with Gasteiger partial charge in [0.25, 0.3) is 0 Å². The fraction of sp³-hybridized carbons (Fsp3) is 0.800. The van der Waals surface area contributed by atoms with Gasteiger partial charge in [0.15, 0.2) is 6.04 Å². The van der Waals surface area contributed by atoms with Gasteiger partial charge < -0.3 is 25.6 Å². The van der Waals surface area contributed by atoms with Crippen LogP contribution in [0.1, 0.15) is 20.8 Å². The molecule has 0 aromatic heterocycles. The van der Waals surface area contributed by atoms with E-state index < -0.39 is 30.3 Å². The number of carboxylic acid groups (broad SMARTS) is 1. The number of amides is 2. The third-order valence-corrected chi connectivity index (χ3v) is 2.00. The maximum atomic E-state index is 11.3. The van der Waals surface area contributed by atoms with Crippen molar-refractivity contribution in [2.45, 2.75) is 32.4 Å². The van der Waals surface area contributed by atoms with E-state index in [1.165, 1.54) is 0 Å². The molecule has 0 bridgehead atoms. The van der Waals surface area contributed by atoms with E-state index in [4.69, 9.17) is 14.9 Å². The molecule has 4 N–H and O–H groups in total. The quantitative estimate of drug-likeness (QED) is 0.488. The second kappa shape index (κ2) is 7.08. The first-order chi connectivity index (χ1) is 7.82. The average molecular weight is 248 g/mol. The summed E-state index contributed by atoms with van der Waals surface area (Å²) in [4.78, 5) is 21.9. The number of carboxylic acids is 1. The summed E-state index contributed by atoms with van der Waals surface area (Å²) in [6.07, 6.45) is 0. The second-order valence-electron chi connectivity index (χ2n) is 4.09. The molecule has 0 fully saturated rings. The Bertz CT molecular complexity index is 267. The van der Waals surface area contributed by atoms with Gasteiger partial charge in [0.05, 0.1) is 12.2 Å². The average Bonchev–Trinajstić information content (AvgIpc) is 2.22. The van der Waals surface area contributed by atoms with Crippen LogP contribution in [-0.2, 0) is 9.53 Å². The van der Waals surface area contributed by atoms with Crippen molar-refractivity contribution >= 4 is 12.0 Å². The lowest BCUT2D eigenvalue weighted by molar-refractivity contribution is -0.140. The van der Waals surface area contributed by atoms with Crippen LogP contribution in [0.15, 0.2) is 0 Å². The van der Waals surface area contributed by atoms with Crippen molar-refractivity contribution in [3.05, 3.63) is 0 Å². The summed E-state index contributed by atoms with van der Waals surface area (Å²) >= 11 is 0. The van der Waals surface area contributed by atoms with Crippen molar-refractivity contribution in [2.24, 2.45) is 0 Å². The number of rotatable bonds is 7. The highest BCUT2D eigenvalue weighted by Gasteiger charge is 2.21. The SMILES string of the molecule is CCOC(C)(C)CNC(=O)N[C@H](CO)C(=O)O. The largest absolute Gasteiger partial charge is 0.480 e. The summed E-state index contributed by atoms with van der Waals surface area (Å²) in [5, 5.41) is 21.9. The minimum absolute atomic E-state index is 0.241. The predicted octanol–water partition coefficient (Wildman–Crippen LogP) is -0.454. The molecular formula is C10H20N2O5. The van der Waals surface area contributed by atoms with Crippen molar-refractivity contribution in [1.29, 1.82) is 0 Å². The molecule has 0 heterocycles. The minimum Gasteiger partial charge on any atom is -0.480 e. The lowest BCUT2D eigenvalue weighted by atomic mass is 10.1. The Morgan fingerprint density at radius 1 is 1.41 bits per heavy atom. The Balaban J connectivity index is 4.06. The van der Waals surface area contributed by atoms with Crippen LogP contribution in [0.25, 0.3) is 0 Å². The molecule has 0 aliphatic rings. The fourth-order valence-electron chi connectivity index (χ4n) is 1.13. The number of aliphatic hydroxyl groups is 1. The zero-order chi connectivity index (χ0) is 13.5. The Hall–Kier alpha value is -1.34. The molecule has 7 nitrogen and oxygen atoms in total. The van der Waals surface area contributed by atoms with E-state index in [2.05, 4.69) is 10.6 Å². The Morgan fingerprint density at radius 3 is 2.41 bits per heavy atom. The zero-order valence-electron chi connectivity index (χ0n) is 10.3. The molecule has 0 rings (SSSR count). The van der Waals surface area contributed by atoms with E-state index in [1.54, 1.807) is 13.8 Å². The summed E-state index contributed by atoms with van der Waals surface area (Å²) in [6, 6.07) is -1.95. The standard InChI is InChI=1S/C10H20N2O5/c1-4-17-10(2,3)6-11-9(16)12-7(5-13)8(14)15/h7,13H,4-6H2,1-3H3,(H,14,15)(H2,11,12,16)/t7-/m1/s1. The first-order valence-electron chi connectivity index (χ1n) is 5.34. The molecule has 2 amide bonds. The second-order valence-corrected chi connectivity index (χ2v) is 4.09. The van der Waals surface area contributed by atoms with Gasteiger partial charge in [-0.05, 0) is 20.8 Å². The van der Waals surface area contributed by atoms with Crippen molar-refractivity contribution in [2.75, 3.05) is 19.8 Å². The third kappa shape index (κ3) is 6.75. The van der Waals surface area contributed by atoms with E-state index in [-0.39, 0.29) is 6.54 Å². The van der Waals surface area contributed by atoms with Crippen molar-refractivity contribution in [3.8, 4) is 0 Å². The number of carbonyl (C=O) groups excluding carboxylic acids is 1. The predicted molar refractivity (Wildman–Crippen MR) is 60.7 cm³/mol. The molecule has 0 spiro atoms. The molecule has 0 saturated carbocycles. The van der Waals surface area contributed by atoms with Crippen LogP contribution in [0.2, 0.25) is 0 Å². The van der Waals surface area contributed by atoms with Crippen LogP contribution in [0, 0.1) is 0 Å². The van der Waals surface area contributed by atoms with Crippen LogP contribution in [0.3, 0.4) is 0 Å². The Labute approximate surface area is 100 Å². The van der Waals surface area contributed by atoms with Gasteiger partial charge in [0, 0.05) is 13.2 Å². The number of aliphatic carboxylic acids is 1. The molecular weight excluding hydrogens is 228 g/mol. The number of nitrogens with one attached hydrogen (secondary N) is 2. The van der Waals surface area contributed by atoms with Gasteiger partial charge in [-0.15, -0.1) is 0 Å². The highest BCUT2D eigenvalue weighted by Crippen LogP contribution is 2.06. The molecule has 100 valence electrons. The summed E-state index contributed by atoms with van der Waals surface area (Å²) in [6.45, 7) is 5.55. The highest BCUT2D eigenvalue weighted by atomic mass is 16.5. The van der Waals surface area contributed by atoms with Gasteiger partial charge in [-0.2, -0.15) is 0 Å². The Morgan fingerprint density at radius 2 is 2.00 bits per heavy atom. The van der Waals surface area contributed by atoms with Crippen LogP contribution < -0.4 is 10.6 Å².